The summed E-state index contributed by atoms with van der Waals surface area (Å²) in [6.45, 7) is 10.5. The second-order valence-electron chi connectivity index (χ2n) is 8.33. The number of amides is 2. The van der Waals surface area contributed by atoms with Gasteiger partial charge < -0.3 is 15.1 Å². The molecule has 2 rings (SSSR count). The monoisotopic (exact) mass is 364 g/mol. The van der Waals surface area contributed by atoms with Gasteiger partial charge in [-0.1, -0.05) is 6.92 Å². The maximum atomic E-state index is 13.0. The second-order valence-corrected chi connectivity index (χ2v) is 8.33. The van der Waals surface area contributed by atoms with Crippen molar-refractivity contribution in [1.29, 1.82) is 0 Å². The van der Waals surface area contributed by atoms with Gasteiger partial charge in [-0.05, 0) is 57.9 Å². The van der Waals surface area contributed by atoms with E-state index in [1.807, 2.05) is 20.8 Å². The number of halogens is 1. The molecule has 6 heteroatoms. The highest BCUT2D eigenvalue weighted by Crippen LogP contribution is 2.14. The molecule has 0 saturated carbocycles. The van der Waals surface area contributed by atoms with Gasteiger partial charge in [-0.3, -0.25) is 9.59 Å². The van der Waals surface area contributed by atoms with E-state index in [1.54, 1.807) is 4.90 Å². The summed E-state index contributed by atoms with van der Waals surface area (Å²) in [5.41, 5.74) is 0.0751. The molecule has 26 heavy (non-hydrogen) atoms. The molecule has 5 nitrogen and oxygen atoms in total. The van der Waals surface area contributed by atoms with Crippen LogP contribution in [0.25, 0.3) is 0 Å². The number of quaternary nitrogens is 1. The topological polar surface area (TPSA) is 53.9 Å². The molecule has 1 aliphatic rings. The van der Waals surface area contributed by atoms with E-state index < -0.39 is 5.54 Å². The molecule has 1 aliphatic heterocycles. The van der Waals surface area contributed by atoms with Gasteiger partial charge in [0.2, 0.25) is 5.91 Å². The smallest absolute Gasteiger partial charge is 0.278 e. The molecule has 1 aromatic rings. The van der Waals surface area contributed by atoms with Gasteiger partial charge in [0.25, 0.3) is 5.91 Å². The van der Waals surface area contributed by atoms with Crippen molar-refractivity contribution >= 4 is 17.5 Å². The van der Waals surface area contributed by atoms with Gasteiger partial charge in [-0.25, -0.2) is 4.39 Å². The molecule has 144 valence electrons. The fourth-order valence-corrected chi connectivity index (χ4v) is 3.44. The third kappa shape index (κ3) is 6.09. The second kappa shape index (κ2) is 8.62. The zero-order valence-electron chi connectivity index (χ0n) is 16.3. The molecule has 0 bridgehead atoms. The van der Waals surface area contributed by atoms with Crippen molar-refractivity contribution in [1.82, 2.24) is 4.90 Å². The number of hydrogen-bond donors (Lipinski definition) is 2. The molecule has 0 aromatic heterocycles. The number of carbonyl (C=O) groups excluding carboxylic acids is 2. The Kier molecular flexibility index (Phi) is 6.75. The number of anilines is 1. The van der Waals surface area contributed by atoms with Crippen molar-refractivity contribution in [2.24, 2.45) is 5.92 Å². The van der Waals surface area contributed by atoms with Gasteiger partial charge in [0.15, 0.2) is 6.54 Å². The lowest BCUT2D eigenvalue weighted by atomic mass is 10.00. The molecule has 1 fully saturated rings. The van der Waals surface area contributed by atoms with Gasteiger partial charge in [0.1, 0.15) is 12.4 Å². The summed E-state index contributed by atoms with van der Waals surface area (Å²) in [7, 11) is 0. The molecule has 0 aliphatic carbocycles. The first-order valence-corrected chi connectivity index (χ1v) is 9.34. The van der Waals surface area contributed by atoms with Crippen LogP contribution >= 0.6 is 0 Å². The predicted octanol–water partition coefficient (Wildman–Crippen LogP) is 1.71. The van der Waals surface area contributed by atoms with Crippen LogP contribution in [0.4, 0.5) is 10.1 Å². The van der Waals surface area contributed by atoms with E-state index in [9.17, 15) is 14.0 Å². The third-order valence-corrected chi connectivity index (χ3v) is 4.81. The third-order valence-electron chi connectivity index (χ3n) is 4.81. The number of carbonyl (C=O) groups is 2. The van der Waals surface area contributed by atoms with Crippen LogP contribution in [0.15, 0.2) is 24.3 Å². The maximum absolute atomic E-state index is 13.0. The van der Waals surface area contributed by atoms with E-state index in [1.165, 1.54) is 35.6 Å². The van der Waals surface area contributed by atoms with Crippen molar-refractivity contribution in [3.05, 3.63) is 30.1 Å². The molecule has 1 aromatic carbocycles. The Bertz CT molecular complexity index is 625. The van der Waals surface area contributed by atoms with Crippen LogP contribution in [0.1, 0.15) is 40.5 Å². The van der Waals surface area contributed by atoms with E-state index in [2.05, 4.69) is 12.2 Å². The van der Waals surface area contributed by atoms with Crippen LogP contribution < -0.4 is 10.2 Å². The summed E-state index contributed by atoms with van der Waals surface area (Å²) in [4.78, 5) is 28.2. The van der Waals surface area contributed by atoms with E-state index in [0.29, 0.717) is 18.2 Å². The molecule has 2 N–H and O–H groups in total. The first-order chi connectivity index (χ1) is 12.1. The molecule has 0 radical (unpaired) electrons. The van der Waals surface area contributed by atoms with Crippen molar-refractivity contribution in [2.45, 2.75) is 46.1 Å². The summed E-state index contributed by atoms with van der Waals surface area (Å²) in [6.07, 6.45) is 2.37. The average Bonchev–Trinajstić information content (AvgIpc) is 2.53. The molecule has 0 spiro atoms. The van der Waals surface area contributed by atoms with E-state index in [4.69, 9.17) is 0 Å². The highest BCUT2D eigenvalue weighted by molar-refractivity contribution is 5.94. The molecule has 1 heterocycles. The number of nitrogens with one attached hydrogen (secondary N) is 2. The lowest BCUT2D eigenvalue weighted by Gasteiger charge is -2.36. The quantitative estimate of drug-likeness (QED) is 0.836. The van der Waals surface area contributed by atoms with Crippen molar-refractivity contribution in [2.75, 3.05) is 31.5 Å². The largest absolute Gasteiger partial charge is 0.327 e. The lowest BCUT2D eigenvalue weighted by molar-refractivity contribution is -0.900. The summed E-state index contributed by atoms with van der Waals surface area (Å²) in [5, 5.41) is 2.73. The fourth-order valence-electron chi connectivity index (χ4n) is 3.44. The normalized spacial score (nSPS) is 20.5. The molecular formula is C20H31FN3O2+. The minimum Gasteiger partial charge on any atom is -0.327 e. The fraction of sp³-hybridized carbons (Fsp3) is 0.600. The van der Waals surface area contributed by atoms with Crippen molar-refractivity contribution in [3.8, 4) is 0 Å². The van der Waals surface area contributed by atoms with Crippen LogP contribution in [-0.4, -0.2) is 48.4 Å². The summed E-state index contributed by atoms with van der Waals surface area (Å²) in [6, 6.07) is 5.61. The Labute approximate surface area is 155 Å². The first-order valence-electron chi connectivity index (χ1n) is 9.34. The minimum atomic E-state index is -0.446. The van der Waals surface area contributed by atoms with Crippen LogP contribution in [0.3, 0.4) is 0 Å². The SMILES string of the molecule is C[C@H]1CCC[NH+](CC(=O)N(CC(=O)Nc2ccc(F)cc2)C(C)(C)C)C1. The van der Waals surface area contributed by atoms with Crippen LogP contribution in [0, 0.1) is 11.7 Å². The van der Waals surface area contributed by atoms with Gasteiger partial charge >= 0.3 is 0 Å². The van der Waals surface area contributed by atoms with E-state index >= 15 is 0 Å². The highest BCUT2D eigenvalue weighted by Gasteiger charge is 2.32. The maximum Gasteiger partial charge on any atom is 0.278 e. The van der Waals surface area contributed by atoms with Crippen molar-refractivity contribution in [3.63, 3.8) is 0 Å². The molecule has 1 saturated heterocycles. The lowest BCUT2D eigenvalue weighted by Crippen LogP contribution is -3.14. The Balaban J connectivity index is 1.98. The van der Waals surface area contributed by atoms with Gasteiger partial charge in [0.05, 0.1) is 13.1 Å². The Morgan fingerprint density at radius 3 is 2.50 bits per heavy atom. The van der Waals surface area contributed by atoms with E-state index in [-0.39, 0.29) is 24.2 Å². The molecule has 1 unspecified atom stereocenters. The number of benzene rings is 1. The highest BCUT2D eigenvalue weighted by atomic mass is 19.1. The Hall–Kier alpha value is -1.95. The van der Waals surface area contributed by atoms with E-state index in [0.717, 1.165) is 19.5 Å². The van der Waals surface area contributed by atoms with Gasteiger partial charge in [-0.15, -0.1) is 0 Å². The molecule has 2 atom stereocenters. The van der Waals surface area contributed by atoms with Crippen LogP contribution in [0.2, 0.25) is 0 Å². The van der Waals surface area contributed by atoms with Gasteiger partial charge in [0, 0.05) is 17.1 Å². The first kappa shape index (κ1) is 20.4. The number of rotatable bonds is 5. The predicted molar refractivity (Wildman–Crippen MR) is 100 cm³/mol. The average molecular weight is 364 g/mol. The van der Waals surface area contributed by atoms with Crippen LogP contribution in [0.5, 0.6) is 0 Å². The Morgan fingerprint density at radius 2 is 1.92 bits per heavy atom. The zero-order valence-corrected chi connectivity index (χ0v) is 16.3. The summed E-state index contributed by atoms with van der Waals surface area (Å²) in [5.74, 6) is 0.00222. The Morgan fingerprint density at radius 1 is 1.27 bits per heavy atom. The number of nitrogens with zero attached hydrogens (tertiary/aromatic N) is 1. The van der Waals surface area contributed by atoms with Gasteiger partial charge in [-0.2, -0.15) is 0 Å². The number of piperidine rings is 1. The van der Waals surface area contributed by atoms with Crippen LogP contribution in [-0.2, 0) is 9.59 Å². The molecular weight excluding hydrogens is 333 g/mol. The molecule has 2 amide bonds. The standard InChI is InChI=1S/C20H30FN3O2/c1-15-6-5-11-23(12-15)14-19(26)24(20(2,3)4)13-18(25)22-17-9-7-16(21)8-10-17/h7-10,15H,5-6,11-14H2,1-4H3,(H,22,25)/p+1/t15-/m0/s1. The number of likely N-dealkylation sites (tertiary alicyclic amines) is 1. The zero-order chi connectivity index (χ0) is 19.3. The van der Waals surface area contributed by atoms with Crippen molar-refractivity contribution < 1.29 is 18.9 Å². The summed E-state index contributed by atoms with van der Waals surface area (Å²) >= 11 is 0. The summed E-state index contributed by atoms with van der Waals surface area (Å²) < 4.78 is 13.0. The minimum absolute atomic E-state index is 0.00384. The number of hydrogen-bond acceptors (Lipinski definition) is 2.